The Morgan fingerprint density at radius 1 is 0.917 bits per heavy atom. The molecule has 0 saturated carbocycles. The van der Waals surface area contributed by atoms with Gasteiger partial charge in [0, 0.05) is 19.2 Å². The molecular formula is C27H32N2O7. The first-order chi connectivity index (χ1) is 17.1. The zero-order chi connectivity index (χ0) is 26.1. The van der Waals surface area contributed by atoms with Crippen LogP contribution < -0.4 is 20.8 Å². The van der Waals surface area contributed by atoms with E-state index >= 15 is 0 Å². The standard InChI is InChI=1S/C27H32N2O7/c1-27(2,3)36-26(33)29-15-7-5-4-6-14-28-25(32)35-20-12-13-21-23(16-20)34-17-22(24(21)31)18-8-10-19(30)11-9-18/h8-13,16-17,30H,4-7,14-15H2,1-3H3,(H,28,32)(H,29,33). The van der Waals surface area contributed by atoms with E-state index in [-0.39, 0.29) is 16.9 Å². The van der Waals surface area contributed by atoms with Gasteiger partial charge in [-0.2, -0.15) is 0 Å². The molecule has 9 heteroatoms. The van der Waals surface area contributed by atoms with E-state index in [2.05, 4.69) is 10.6 Å². The normalized spacial score (nSPS) is 11.2. The third-order valence-corrected chi connectivity index (χ3v) is 5.18. The smallest absolute Gasteiger partial charge is 0.412 e. The number of fused-ring (bicyclic) bond motifs is 1. The number of unbranched alkanes of at least 4 members (excludes halogenated alkanes) is 3. The number of nitrogens with one attached hydrogen (secondary N) is 2. The van der Waals surface area contributed by atoms with Gasteiger partial charge in [0.25, 0.3) is 0 Å². The molecule has 0 fully saturated rings. The largest absolute Gasteiger partial charge is 0.508 e. The fraction of sp³-hybridized carbons (Fsp3) is 0.370. The molecule has 0 aliphatic heterocycles. The lowest BCUT2D eigenvalue weighted by Gasteiger charge is -2.19. The van der Waals surface area contributed by atoms with E-state index in [0.717, 1.165) is 25.7 Å². The lowest BCUT2D eigenvalue weighted by Crippen LogP contribution is -2.33. The van der Waals surface area contributed by atoms with Crippen LogP contribution in [0.15, 0.2) is 57.9 Å². The Kier molecular flexibility index (Phi) is 8.94. The van der Waals surface area contributed by atoms with E-state index in [9.17, 15) is 19.5 Å². The Labute approximate surface area is 209 Å². The monoisotopic (exact) mass is 496 g/mol. The Balaban J connectivity index is 1.40. The molecule has 1 heterocycles. The molecule has 1 aromatic heterocycles. The molecule has 0 aliphatic carbocycles. The highest BCUT2D eigenvalue weighted by Crippen LogP contribution is 2.24. The van der Waals surface area contributed by atoms with E-state index in [1.54, 1.807) is 18.2 Å². The van der Waals surface area contributed by atoms with Crippen molar-refractivity contribution in [2.75, 3.05) is 13.1 Å². The summed E-state index contributed by atoms with van der Waals surface area (Å²) in [6.45, 7) is 6.45. The summed E-state index contributed by atoms with van der Waals surface area (Å²) >= 11 is 0. The van der Waals surface area contributed by atoms with Crippen molar-refractivity contribution >= 4 is 23.2 Å². The second-order valence-corrected chi connectivity index (χ2v) is 9.34. The maximum atomic E-state index is 12.8. The molecule has 9 nitrogen and oxygen atoms in total. The number of phenols is 1. The van der Waals surface area contributed by atoms with E-state index in [1.165, 1.54) is 30.5 Å². The molecule has 3 rings (SSSR count). The minimum Gasteiger partial charge on any atom is -0.508 e. The molecule has 0 radical (unpaired) electrons. The van der Waals surface area contributed by atoms with Crippen LogP contribution in [-0.4, -0.2) is 36.0 Å². The maximum absolute atomic E-state index is 12.8. The lowest BCUT2D eigenvalue weighted by molar-refractivity contribution is 0.0527. The molecule has 2 amide bonds. The van der Waals surface area contributed by atoms with Crippen molar-refractivity contribution in [2.24, 2.45) is 0 Å². The topological polar surface area (TPSA) is 127 Å². The number of rotatable bonds is 9. The minimum atomic E-state index is -0.594. The number of ether oxygens (including phenoxy) is 2. The molecule has 3 aromatic rings. The van der Waals surface area contributed by atoms with Crippen LogP contribution in [0, 0.1) is 0 Å². The number of hydrogen-bond donors (Lipinski definition) is 3. The molecular weight excluding hydrogens is 464 g/mol. The Bertz CT molecular complexity index is 1240. The zero-order valence-electron chi connectivity index (χ0n) is 20.8. The van der Waals surface area contributed by atoms with Gasteiger partial charge in [-0.3, -0.25) is 4.79 Å². The second-order valence-electron chi connectivity index (χ2n) is 9.34. The molecule has 0 bridgehead atoms. The molecule has 36 heavy (non-hydrogen) atoms. The Hall–Kier alpha value is -4.01. The predicted octanol–water partition coefficient (Wildman–Crippen LogP) is 5.34. The van der Waals surface area contributed by atoms with Crippen LogP contribution in [0.25, 0.3) is 22.1 Å². The second kappa shape index (κ2) is 12.1. The van der Waals surface area contributed by atoms with Crippen LogP contribution in [-0.2, 0) is 4.74 Å². The van der Waals surface area contributed by atoms with Crippen molar-refractivity contribution in [1.82, 2.24) is 10.6 Å². The van der Waals surface area contributed by atoms with Crippen LogP contribution in [0.2, 0.25) is 0 Å². The molecule has 0 aliphatic rings. The fourth-order valence-corrected chi connectivity index (χ4v) is 3.45. The molecule has 2 aromatic carbocycles. The van der Waals surface area contributed by atoms with Crippen LogP contribution in [0.3, 0.4) is 0 Å². The number of benzene rings is 2. The SMILES string of the molecule is CC(C)(C)OC(=O)NCCCCCCNC(=O)Oc1ccc2c(=O)c(-c3ccc(O)cc3)coc2c1. The van der Waals surface area contributed by atoms with Gasteiger partial charge < -0.3 is 29.6 Å². The van der Waals surface area contributed by atoms with Crippen molar-refractivity contribution in [3.8, 4) is 22.6 Å². The molecule has 0 saturated heterocycles. The first kappa shape index (κ1) is 26.6. The Morgan fingerprint density at radius 3 is 2.19 bits per heavy atom. The number of amides is 2. The number of carbonyl (C=O) groups is 2. The van der Waals surface area contributed by atoms with Crippen LogP contribution >= 0.6 is 0 Å². The van der Waals surface area contributed by atoms with Crippen LogP contribution in [0.5, 0.6) is 11.5 Å². The summed E-state index contributed by atoms with van der Waals surface area (Å²) in [7, 11) is 0. The van der Waals surface area contributed by atoms with Crippen LogP contribution in [0.4, 0.5) is 9.59 Å². The first-order valence-corrected chi connectivity index (χ1v) is 11.9. The predicted molar refractivity (Wildman–Crippen MR) is 136 cm³/mol. The average Bonchev–Trinajstić information content (AvgIpc) is 2.80. The van der Waals surface area contributed by atoms with Crippen LogP contribution in [0.1, 0.15) is 46.5 Å². The Morgan fingerprint density at radius 2 is 1.56 bits per heavy atom. The van der Waals surface area contributed by atoms with E-state index in [1.807, 2.05) is 20.8 Å². The highest BCUT2D eigenvalue weighted by Gasteiger charge is 2.15. The maximum Gasteiger partial charge on any atom is 0.412 e. The van der Waals surface area contributed by atoms with E-state index in [4.69, 9.17) is 13.9 Å². The van der Waals surface area contributed by atoms with Gasteiger partial charge in [0.15, 0.2) is 5.43 Å². The molecule has 0 atom stereocenters. The molecule has 0 unspecified atom stereocenters. The minimum absolute atomic E-state index is 0.108. The number of alkyl carbamates (subject to hydrolysis) is 1. The molecule has 192 valence electrons. The van der Waals surface area contributed by atoms with Gasteiger partial charge in [0.2, 0.25) is 0 Å². The van der Waals surface area contributed by atoms with Crippen molar-refractivity contribution in [3.63, 3.8) is 0 Å². The van der Waals surface area contributed by atoms with Gasteiger partial charge in [-0.25, -0.2) is 9.59 Å². The van der Waals surface area contributed by atoms with Crippen molar-refractivity contribution in [2.45, 2.75) is 52.1 Å². The van der Waals surface area contributed by atoms with Gasteiger partial charge in [-0.05, 0) is 63.4 Å². The number of phenolic OH excluding ortho intramolecular Hbond substituents is 1. The number of aromatic hydroxyl groups is 1. The lowest BCUT2D eigenvalue weighted by atomic mass is 10.1. The highest BCUT2D eigenvalue weighted by molar-refractivity contribution is 5.83. The quantitative estimate of drug-likeness (QED) is 0.341. The van der Waals surface area contributed by atoms with E-state index in [0.29, 0.717) is 35.2 Å². The van der Waals surface area contributed by atoms with Gasteiger partial charge in [-0.1, -0.05) is 25.0 Å². The highest BCUT2D eigenvalue weighted by atomic mass is 16.6. The molecule has 3 N–H and O–H groups in total. The average molecular weight is 497 g/mol. The molecule has 0 spiro atoms. The third kappa shape index (κ3) is 8.04. The fourth-order valence-electron chi connectivity index (χ4n) is 3.45. The summed E-state index contributed by atoms with van der Waals surface area (Å²) in [5.74, 6) is 0.366. The van der Waals surface area contributed by atoms with Crippen molar-refractivity contribution < 1.29 is 28.6 Å². The summed E-state index contributed by atoms with van der Waals surface area (Å²) in [6, 6.07) is 10.9. The van der Waals surface area contributed by atoms with Gasteiger partial charge in [0.1, 0.15) is 28.9 Å². The van der Waals surface area contributed by atoms with Gasteiger partial charge in [-0.15, -0.1) is 0 Å². The number of hydrogen-bond acceptors (Lipinski definition) is 7. The summed E-state index contributed by atoms with van der Waals surface area (Å²) in [5, 5.41) is 15.2. The summed E-state index contributed by atoms with van der Waals surface area (Å²) in [5.41, 5.74) is 0.562. The van der Waals surface area contributed by atoms with Crippen molar-refractivity contribution in [1.29, 1.82) is 0 Å². The van der Waals surface area contributed by atoms with Gasteiger partial charge in [0.05, 0.1) is 10.9 Å². The van der Waals surface area contributed by atoms with E-state index < -0.39 is 17.8 Å². The first-order valence-electron chi connectivity index (χ1n) is 11.9. The van der Waals surface area contributed by atoms with Crippen molar-refractivity contribution in [3.05, 3.63) is 59.0 Å². The summed E-state index contributed by atoms with van der Waals surface area (Å²) in [4.78, 5) is 36.5. The number of carbonyl (C=O) groups excluding carboxylic acids is 2. The zero-order valence-corrected chi connectivity index (χ0v) is 20.8. The summed E-state index contributed by atoms with van der Waals surface area (Å²) < 4.78 is 16.1. The summed E-state index contributed by atoms with van der Waals surface area (Å²) in [6.07, 6.45) is 3.73. The third-order valence-electron chi connectivity index (χ3n) is 5.18. The van der Waals surface area contributed by atoms with Gasteiger partial charge >= 0.3 is 12.2 Å².